The van der Waals surface area contributed by atoms with E-state index in [2.05, 4.69) is 30.3 Å². The maximum atomic E-state index is 14.2. The van der Waals surface area contributed by atoms with E-state index >= 15 is 0 Å². The zero-order valence-corrected chi connectivity index (χ0v) is 21.6. The van der Waals surface area contributed by atoms with Gasteiger partial charge in [-0.15, -0.1) is 0 Å². The summed E-state index contributed by atoms with van der Waals surface area (Å²) in [5.41, 5.74) is 0.746. The molecule has 0 spiro atoms. The van der Waals surface area contributed by atoms with Crippen molar-refractivity contribution in [2.75, 3.05) is 5.32 Å². The van der Waals surface area contributed by atoms with E-state index in [0.717, 1.165) is 23.7 Å². The summed E-state index contributed by atoms with van der Waals surface area (Å²) >= 11 is 7.38. The number of hydrogen-bond acceptors (Lipinski definition) is 8. The number of oxazole rings is 1. The molecule has 4 heterocycles. The normalized spacial score (nSPS) is 14.6. The number of fused-ring (bicyclic) bond motifs is 2. The lowest BCUT2D eigenvalue weighted by Gasteiger charge is -2.28. The van der Waals surface area contributed by atoms with E-state index in [0.29, 0.717) is 15.8 Å². The van der Waals surface area contributed by atoms with E-state index in [1.807, 2.05) is 0 Å². The summed E-state index contributed by atoms with van der Waals surface area (Å²) in [5.74, 6) is -3.36. The number of aromatic nitrogens is 4. The molecule has 1 aliphatic rings. The van der Waals surface area contributed by atoms with Crippen molar-refractivity contribution in [2.45, 2.75) is 19.1 Å². The Hall–Kier alpha value is -4.69. The van der Waals surface area contributed by atoms with Gasteiger partial charge in [-0.3, -0.25) is 14.4 Å². The van der Waals surface area contributed by atoms with Crippen LogP contribution in [-0.4, -0.2) is 36.6 Å². The molecule has 1 aliphatic heterocycles. The van der Waals surface area contributed by atoms with Crippen molar-refractivity contribution in [1.29, 1.82) is 0 Å². The average molecular weight is 584 g/mol. The van der Waals surface area contributed by atoms with Crippen molar-refractivity contribution in [1.82, 2.24) is 29.5 Å². The Kier molecular flexibility index (Phi) is 6.48. The third-order valence-corrected chi connectivity index (χ3v) is 7.32. The number of anilines is 1. The molecule has 0 bridgehead atoms. The largest absolute Gasteiger partial charge is 0.451 e. The Morgan fingerprint density at radius 1 is 1.18 bits per heavy atom. The van der Waals surface area contributed by atoms with Crippen molar-refractivity contribution < 1.29 is 27.6 Å². The van der Waals surface area contributed by atoms with Crippen LogP contribution in [0.15, 0.2) is 53.5 Å². The van der Waals surface area contributed by atoms with Crippen LogP contribution in [0.25, 0.3) is 10.1 Å². The fourth-order valence-corrected chi connectivity index (χ4v) is 5.36. The Morgan fingerprint density at radius 2 is 1.98 bits per heavy atom. The standard InChI is InChI=1S/C25H16ClF2N7O4S/c26-16-3-1-11(27)5-14(16)19-21-22(33-24(37)20-15-6-12(28)2-4-17(15)40-34-20)32-23(35(21)8-18(36)31-19)25(38)29-7-13-9-39-10-30-13/h1-6,9-10,19H,7-8H2,(H,29,38)(H,31,36)(H,33,37). The van der Waals surface area contributed by atoms with Gasteiger partial charge in [0.2, 0.25) is 11.7 Å². The first-order valence-electron chi connectivity index (χ1n) is 11.6. The second-order valence-corrected chi connectivity index (χ2v) is 9.92. The molecule has 1 atom stereocenters. The van der Waals surface area contributed by atoms with Gasteiger partial charge in [0, 0.05) is 16.0 Å². The molecule has 0 saturated carbocycles. The highest BCUT2D eigenvalue weighted by Crippen LogP contribution is 2.36. The van der Waals surface area contributed by atoms with Crippen molar-refractivity contribution >= 4 is 56.8 Å². The van der Waals surface area contributed by atoms with Gasteiger partial charge in [0.1, 0.15) is 30.1 Å². The van der Waals surface area contributed by atoms with Gasteiger partial charge in [0.05, 0.1) is 28.7 Å². The Morgan fingerprint density at radius 3 is 2.77 bits per heavy atom. The molecule has 5 aromatic rings. The fourth-order valence-electron chi connectivity index (χ4n) is 4.38. The van der Waals surface area contributed by atoms with Gasteiger partial charge in [-0.05, 0) is 47.9 Å². The lowest BCUT2D eigenvalue weighted by atomic mass is 10.0. The predicted molar refractivity (Wildman–Crippen MR) is 139 cm³/mol. The van der Waals surface area contributed by atoms with Crippen molar-refractivity contribution in [3.8, 4) is 0 Å². The molecule has 0 saturated heterocycles. The van der Waals surface area contributed by atoms with E-state index in [4.69, 9.17) is 16.0 Å². The number of hydrogen-bond donors (Lipinski definition) is 3. The highest BCUT2D eigenvalue weighted by molar-refractivity contribution is 7.13. The lowest BCUT2D eigenvalue weighted by molar-refractivity contribution is -0.123. The third-order valence-electron chi connectivity index (χ3n) is 6.15. The van der Waals surface area contributed by atoms with E-state index in [1.165, 1.54) is 41.5 Å². The number of halogens is 3. The van der Waals surface area contributed by atoms with Crippen molar-refractivity contribution in [3.63, 3.8) is 0 Å². The number of carbonyl (C=O) groups is 3. The molecular weight excluding hydrogens is 568 g/mol. The molecule has 202 valence electrons. The molecule has 1 unspecified atom stereocenters. The highest BCUT2D eigenvalue weighted by atomic mass is 35.5. The molecule has 0 aliphatic carbocycles. The van der Waals surface area contributed by atoms with Crippen molar-refractivity contribution in [2.24, 2.45) is 0 Å². The van der Waals surface area contributed by atoms with Gasteiger partial charge >= 0.3 is 0 Å². The number of imidazole rings is 1. The van der Waals surface area contributed by atoms with Crippen LogP contribution >= 0.6 is 23.1 Å². The van der Waals surface area contributed by atoms with Crippen LogP contribution in [0, 0.1) is 11.6 Å². The van der Waals surface area contributed by atoms with Crippen LogP contribution in [0.1, 0.15) is 44.1 Å². The Balaban J connectivity index is 1.44. The topological polar surface area (TPSA) is 144 Å². The smallest absolute Gasteiger partial charge is 0.287 e. The average Bonchev–Trinajstić information content (AvgIpc) is 3.67. The Bertz CT molecular complexity index is 1800. The molecule has 6 rings (SSSR count). The van der Waals surface area contributed by atoms with Crippen LogP contribution < -0.4 is 16.0 Å². The first kappa shape index (κ1) is 25.6. The number of nitrogens with one attached hydrogen (secondary N) is 3. The molecular formula is C25H16ClF2N7O4S. The SMILES string of the molecule is O=C1Cn2c(C(=O)NCc3cocn3)nc(NC(=O)c3nsc4ccc(F)cc34)c2C(c2cc(F)ccc2Cl)N1. The zero-order chi connectivity index (χ0) is 28.0. The van der Waals surface area contributed by atoms with E-state index in [9.17, 15) is 23.2 Å². The van der Waals surface area contributed by atoms with Crippen LogP contribution in [0.3, 0.4) is 0 Å². The monoisotopic (exact) mass is 583 g/mol. The summed E-state index contributed by atoms with van der Waals surface area (Å²) < 4.78 is 39.1. The van der Waals surface area contributed by atoms with Gasteiger partial charge in [-0.2, -0.15) is 4.37 Å². The van der Waals surface area contributed by atoms with Crippen LogP contribution in [0.5, 0.6) is 0 Å². The van der Waals surface area contributed by atoms with Gasteiger partial charge in [-0.1, -0.05) is 11.6 Å². The van der Waals surface area contributed by atoms with Gasteiger partial charge < -0.3 is 24.9 Å². The van der Waals surface area contributed by atoms with E-state index < -0.39 is 35.4 Å². The van der Waals surface area contributed by atoms with Gasteiger partial charge in [0.15, 0.2) is 12.2 Å². The van der Waals surface area contributed by atoms with Gasteiger partial charge in [-0.25, -0.2) is 18.7 Å². The zero-order valence-electron chi connectivity index (χ0n) is 20.1. The summed E-state index contributed by atoms with van der Waals surface area (Å²) in [5, 5.41) is 8.43. The minimum absolute atomic E-state index is 0.000938. The quantitative estimate of drug-likeness (QED) is 0.276. The summed E-state index contributed by atoms with van der Waals surface area (Å²) in [6.07, 6.45) is 2.56. The molecule has 3 amide bonds. The van der Waals surface area contributed by atoms with Crippen LogP contribution in [0.4, 0.5) is 14.6 Å². The molecule has 40 heavy (non-hydrogen) atoms. The summed E-state index contributed by atoms with van der Waals surface area (Å²) in [6, 6.07) is 6.51. The van der Waals surface area contributed by atoms with Gasteiger partial charge in [0.25, 0.3) is 11.8 Å². The van der Waals surface area contributed by atoms with Crippen LogP contribution in [0.2, 0.25) is 5.02 Å². The second-order valence-electron chi connectivity index (χ2n) is 8.71. The third kappa shape index (κ3) is 4.67. The van der Waals surface area contributed by atoms with E-state index in [1.54, 1.807) is 0 Å². The number of rotatable bonds is 6. The molecule has 3 aromatic heterocycles. The first-order chi connectivity index (χ1) is 19.3. The maximum Gasteiger partial charge on any atom is 0.287 e. The molecule has 3 N–H and O–H groups in total. The predicted octanol–water partition coefficient (Wildman–Crippen LogP) is 3.81. The molecule has 11 nitrogen and oxygen atoms in total. The second kappa shape index (κ2) is 10.1. The maximum absolute atomic E-state index is 14.2. The van der Waals surface area contributed by atoms with Crippen molar-refractivity contribution in [3.05, 3.63) is 94.2 Å². The first-order valence-corrected chi connectivity index (χ1v) is 12.8. The fraction of sp³-hybridized carbons (Fsp3) is 0.120. The Labute approximate surface area is 232 Å². The molecule has 0 fully saturated rings. The summed E-state index contributed by atoms with van der Waals surface area (Å²) in [7, 11) is 0. The number of amides is 3. The minimum Gasteiger partial charge on any atom is -0.451 e. The molecule has 2 aromatic carbocycles. The lowest BCUT2D eigenvalue weighted by Crippen LogP contribution is -2.41. The van der Waals surface area contributed by atoms with E-state index in [-0.39, 0.29) is 46.7 Å². The summed E-state index contributed by atoms with van der Waals surface area (Å²) in [4.78, 5) is 47.6. The number of carbonyl (C=O) groups excluding carboxylic acids is 3. The minimum atomic E-state index is -1.08. The molecule has 15 heteroatoms. The highest BCUT2D eigenvalue weighted by Gasteiger charge is 2.36. The summed E-state index contributed by atoms with van der Waals surface area (Å²) in [6.45, 7) is -0.319. The number of benzene rings is 2. The molecule has 0 radical (unpaired) electrons. The van der Waals surface area contributed by atoms with Crippen LogP contribution in [-0.2, 0) is 17.9 Å². The number of nitrogens with zero attached hydrogens (tertiary/aromatic N) is 4.